The molecule has 36 heavy (non-hydrogen) atoms. The van der Waals surface area contributed by atoms with Crippen LogP contribution < -0.4 is 0 Å². The van der Waals surface area contributed by atoms with Crippen molar-refractivity contribution in [3.8, 4) is 0 Å². The van der Waals surface area contributed by atoms with Gasteiger partial charge in [0.2, 0.25) is 20.9 Å². The summed E-state index contributed by atoms with van der Waals surface area (Å²) in [5.41, 5.74) is 3.23. The van der Waals surface area contributed by atoms with E-state index >= 15 is 0 Å². The van der Waals surface area contributed by atoms with Gasteiger partial charge >= 0.3 is 0 Å². The summed E-state index contributed by atoms with van der Waals surface area (Å²) in [6.07, 6.45) is 3.14. The summed E-state index contributed by atoms with van der Waals surface area (Å²) in [7, 11) is -3.76. The Labute approximate surface area is 212 Å². The van der Waals surface area contributed by atoms with Crippen LogP contribution in [0.25, 0.3) is 0 Å². The van der Waals surface area contributed by atoms with Crippen LogP contribution in [-0.2, 0) is 40.0 Å². The Hall–Kier alpha value is -3.65. The van der Waals surface area contributed by atoms with Gasteiger partial charge in [0.25, 0.3) is 0 Å². The topological polar surface area (TPSA) is 85.4 Å². The number of aromatic nitrogens is 2. The van der Waals surface area contributed by atoms with Crippen molar-refractivity contribution < 1.29 is 17.6 Å². The number of benzene rings is 2. The third-order valence-electron chi connectivity index (χ3n) is 6.06. The minimum Gasteiger partial charge on any atom is -0.467 e. The molecule has 0 spiro atoms. The number of hydrogen-bond donors (Lipinski definition) is 0. The van der Waals surface area contributed by atoms with E-state index in [0.717, 1.165) is 16.7 Å². The maximum atomic E-state index is 13.6. The molecule has 0 bridgehead atoms. The molecule has 0 unspecified atom stereocenters. The fourth-order valence-electron chi connectivity index (χ4n) is 4.11. The molecular formula is C28H31N3O4S. The molecule has 4 aromatic rings. The number of carbonyl (C=O) groups excluding carboxylic acids is 1. The fraction of sp³-hybridized carbons (Fsp3) is 0.286. The van der Waals surface area contributed by atoms with Crippen molar-refractivity contribution in [2.45, 2.75) is 51.3 Å². The molecule has 0 N–H and O–H groups in total. The zero-order valence-corrected chi connectivity index (χ0v) is 21.6. The Morgan fingerprint density at radius 1 is 1.00 bits per heavy atom. The van der Waals surface area contributed by atoms with Crippen molar-refractivity contribution in [2.24, 2.45) is 5.92 Å². The molecule has 4 rings (SSSR count). The lowest BCUT2D eigenvalue weighted by atomic mass is 10.1. The molecule has 2 aromatic heterocycles. The van der Waals surface area contributed by atoms with Crippen LogP contribution in [0.5, 0.6) is 0 Å². The van der Waals surface area contributed by atoms with Crippen LogP contribution in [0.2, 0.25) is 0 Å². The standard InChI is InChI=1S/C28H31N3O4S/c1-21(2)27(32)30(19-26-14-9-15-35-26)18-25-16-29-28(31(25)17-23-11-5-4-6-12-23)36(33,34)20-24-13-8-7-10-22(24)3/h4-16,21H,17-20H2,1-3H3. The maximum absolute atomic E-state index is 13.6. The SMILES string of the molecule is Cc1ccccc1CS(=O)(=O)c1ncc(CN(Cc2ccco2)C(=O)C(C)C)n1Cc1ccccc1. The van der Waals surface area contributed by atoms with Gasteiger partial charge in [0, 0.05) is 5.92 Å². The summed E-state index contributed by atoms with van der Waals surface area (Å²) < 4.78 is 34.4. The molecule has 0 fully saturated rings. The van der Waals surface area contributed by atoms with Gasteiger partial charge in [0.1, 0.15) is 5.76 Å². The van der Waals surface area contributed by atoms with Gasteiger partial charge in [-0.05, 0) is 35.7 Å². The summed E-state index contributed by atoms with van der Waals surface area (Å²) in [5, 5.41) is -0.000416. The Balaban J connectivity index is 1.73. The van der Waals surface area contributed by atoms with Crippen LogP contribution >= 0.6 is 0 Å². The van der Waals surface area contributed by atoms with E-state index in [4.69, 9.17) is 4.42 Å². The predicted octanol–water partition coefficient (Wildman–Crippen LogP) is 4.99. The molecule has 0 radical (unpaired) electrons. The lowest BCUT2D eigenvalue weighted by Gasteiger charge is -2.24. The first kappa shape index (κ1) is 25.4. The van der Waals surface area contributed by atoms with Crippen molar-refractivity contribution in [3.63, 3.8) is 0 Å². The minimum absolute atomic E-state index is 0.000416. The first-order valence-electron chi connectivity index (χ1n) is 11.9. The molecule has 0 saturated heterocycles. The van der Waals surface area contributed by atoms with Gasteiger partial charge in [0.15, 0.2) is 0 Å². The van der Waals surface area contributed by atoms with E-state index in [-0.39, 0.29) is 35.8 Å². The number of hydrogen-bond acceptors (Lipinski definition) is 5. The number of sulfone groups is 1. The molecule has 0 atom stereocenters. The van der Waals surface area contributed by atoms with Gasteiger partial charge in [-0.2, -0.15) is 0 Å². The second-order valence-corrected chi connectivity index (χ2v) is 11.1. The van der Waals surface area contributed by atoms with Crippen molar-refractivity contribution in [1.29, 1.82) is 0 Å². The van der Waals surface area contributed by atoms with Gasteiger partial charge in [-0.3, -0.25) is 4.79 Å². The quantitative estimate of drug-likeness (QED) is 0.303. The monoisotopic (exact) mass is 505 g/mol. The van der Waals surface area contributed by atoms with Gasteiger partial charge in [-0.1, -0.05) is 68.4 Å². The summed E-state index contributed by atoms with van der Waals surface area (Å²) in [5.74, 6) is 0.231. The number of imidazole rings is 1. The summed E-state index contributed by atoms with van der Waals surface area (Å²) in [6.45, 7) is 6.40. The highest BCUT2D eigenvalue weighted by molar-refractivity contribution is 7.90. The zero-order chi connectivity index (χ0) is 25.7. The maximum Gasteiger partial charge on any atom is 0.228 e. The van der Waals surface area contributed by atoms with E-state index in [1.165, 1.54) is 0 Å². The number of nitrogens with zero attached hydrogens (tertiary/aromatic N) is 3. The van der Waals surface area contributed by atoms with Crippen LogP contribution in [0.3, 0.4) is 0 Å². The lowest BCUT2D eigenvalue weighted by molar-refractivity contribution is -0.136. The van der Waals surface area contributed by atoms with E-state index in [1.807, 2.05) is 81.4 Å². The highest BCUT2D eigenvalue weighted by Crippen LogP contribution is 2.23. The van der Waals surface area contributed by atoms with Crippen LogP contribution in [-0.4, -0.2) is 28.8 Å². The molecule has 2 aromatic carbocycles. The van der Waals surface area contributed by atoms with Crippen molar-refractivity contribution in [2.75, 3.05) is 0 Å². The Kier molecular flexibility index (Phi) is 7.74. The summed E-state index contributed by atoms with van der Waals surface area (Å²) in [4.78, 5) is 19.1. The normalized spacial score (nSPS) is 11.7. The molecule has 1 amide bonds. The predicted molar refractivity (Wildman–Crippen MR) is 138 cm³/mol. The third kappa shape index (κ3) is 5.94. The molecule has 0 aliphatic rings. The first-order chi connectivity index (χ1) is 17.2. The number of furan rings is 1. The average molecular weight is 506 g/mol. The van der Waals surface area contributed by atoms with Crippen molar-refractivity contribution in [1.82, 2.24) is 14.5 Å². The molecule has 7 nitrogen and oxygen atoms in total. The second-order valence-electron chi connectivity index (χ2n) is 9.22. The number of rotatable bonds is 10. The average Bonchev–Trinajstić information content (AvgIpc) is 3.51. The lowest BCUT2D eigenvalue weighted by Crippen LogP contribution is -2.34. The summed E-state index contributed by atoms with van der Waals surface area (Å²) in [6, 6.07) is 20.7. The number of carbonyl (C=O) groups is 1. The van der Waals surface area contributed by atoms with Gasteiger partial charge in [0.05, 0.1) is 43.5 Å². The van der Waals surface area contributed by atoms with Crippen LogP contribution in [0.15, 0.2) is 88.8 Å². The Bertz CT molecular complexity index is 1410. The van der Waals surface area contributed by atoms with E-state index in [0.29, 0.717) is 18.0 Å². The van der Waals surface area contributed by atoms with E-state index in [1.54, 1.807) is 28.0 Å². The third-order valence-corrected chi connectivity index (χ3v) is 7.63. The molecule has 0 aliphatic heterocycles. The number of amides is 1. The van der Waals surface area contributed by atoms with Crippen molar-refractivity contribution >= 4 is 15.7 Å². The fourth-order valence-corrected chi connectivity index (χ4v) is 5.70. The Morgan fingerprint density at radius 3 is 2.39 bits per heavy atom. The van der Waals surface area contributed by atoms with Gasteiger partial charge in [-0.15, -0.1) is 0 Å². The molecule has 0 saturated carbocycles. The second kappa shape index (κ2) is 11.0. The molecule has 8 heteroatoms. The van der Waals surface area contributed by atoms with Gasteiger partial charge in [-0.25, -0.2) is 13.4 Å². The highest BCUT2D eigenvalue weighted by Gasteiger charge is 2.27. The van der Waals surface area contributed by atoms with E-state index in [2.05, 4.69) is 4.98 Å². The smallest absolute Gasteiger partial charge is 0.228 e. The molecule has 2 heterocycles. The molecule has 0 aliphatic carbocycles. The largest absolute Gasteiger partial charge is 0.467 e. The number of aryl methyl sites for hydroxylation is 1. The van der Waals surface area contributed by atoms with E-state index < -0.39 is 9.84 Å². The first-order valence-corrected chi connectivity index (χ1v) is 13.6. The van der Waals surface area contributed by atoms with Crippen molar-refractivity contribution in [3.05, 3.63) is 107 Å². The van der Waals surface area contributed by atoms with E-state index in [9.17, 15) is 13.2 Å². The Morgan fingerprint density at radius 2 is 1.72 bits per heavy atom. The minimum atomic E-state index is -3.76. The van der Waals surface area contributed by atoms with Crippen LogP contribution in [0.4, 0.5) is 0 Å². The molecule has 188 valence electrons. The molecular weight excluding hydrogens is 474 g/mol. The van der Waals surface area contributed by atoms with Crippen LogP contribution in [0, 0.1) is 12.8 Å². The highest BCUT2D eigenvalue weighted by atomic mass is 32.2. The van der Waals surface area contributed by atoms with Gasteiger partial charge < -0.3 is 13.9 Å². The van der Waals surface area contributed by atoms with Crippen LogP contribution in [0.1, 0.15) is 42.0 Å². The zero-order valence-electron chi connectivity index (χ0n) is 20.8. The summed E-state index contributed by atoms with van der Waals surface area (Å²) >= 11 is 0.